The fourth-order valence-electron chi connectivity index (χ4n) is 2.04. The van der Waals surface area contributed by atoms with Crippen LogP contribution in [0.1, 0.15) is 46.5 Å². The van der Waals surface area contributed by atoms with Crippen molar-refractivity contribution in [1.29, 1.82) is 0 Å². The molecule has 0 unspecified atom stereocenters. The molecule has 0 heterocycles. The van der Waals surface area contributed by atoms with Crippen molar-refractivity contribution in [2.45, 2.75) is 64.1 Å². The Balaban J connectivity index is 2.45. The van der Waals surface area contributed by atoms with E-state index in [1.807, 2.05) is 0 Å². The van der Waals surface area contributed by atoms with Crippen LogP contribution in [0.4, 0.5) is 0 Å². The van der Waals surface area contributed by atoms with E-state index in [1.165, 1.54) is 25.7 Å². The average molecular weight is 184 g/mol. The van der Waals surface area contributed by atoms with Crippen molar-refractivity contribution in [1.82, 2.24) is 4.90 Å². The minimum atomic E-state index is 0.298. The lowest BCUT2D eigenvalue weighted by atomic mass is 9.89. The highest BCUT2D eigenvalue weighted by molar-refractivity contribution is 4.85. The third-order valence-electron chi connectivity index (χ3n) is 3.35. The van der Waals surface area contributed by atoms with Crippen molar-refractivity contribution < 1.29 is 0 Å². The van der Waals surface area contributed by atoms with Crippen LogP contribution >= 0.6 is 0 Å². The van der Waals surface area contributed by atoms with Gasteiger partial charge in [0.15, 0.2) is 0 Å². The highest BCUT2D eigenvalue weighted by atomic mass is 15.2. The van der Waals surface area contributed by atoms with Gasteiger partial charge in [0.2, 0.25) is 0 Å². The Kier molecular flexibility index (Phi) is 3.36. The van der Waals surface area contributed by atoms with Crippen molar-refractivity contribution in [2.75, 3.05) is 7.05 Å². The molecule has 0 aromatic heterocycles. The van der Waals surface area contributed by atoms with E-state index in [1.54, 1.807) is 0 Å². The van der Waals surface area contributed by atoms with E-state index in [2.05, 4.69) is 32.7 Å². The summed E-state index contributed by atoms with van der Waals surface area (Å²) in [6.45, 7) is 6.84. The van der Waals surface area contributed by atoms with Crippen LogP contribution in [-0.2, 0) is 0 Å². The summed E-state index contributed by atoms with van der Waals surface area (Å²) in [7, 11) is 2.24. The van der Waals surface area contributed by atoms with Gasteiger partial charge < -0.3 is 5.73 Å². The van der Waals surface area contributed by atoms with Gasteiger partial charge in [0, 0.05) is 17.6 Å². The van der Waals surface area contributed by atoms with Crippen LogP contribution in [0.15, 0.2) is 0 Å². The summed E-state index contributed by atoms with van der Waals surface area (Å²) in [5, 5.41) is 0. The van der Waals surface area contributed by atoms with Crippen molar-refractivity contribution >= 4 is 0 Å². The molecule has 0 amide bonds. The molecule has 2 nitrogen and oxygen atoms in total. The summed E-state index contributed by atoms with van der Waals surface area (Å²) in [5.74, 6) is 0. The van der Waals surface area contributed by atoms with Gasteiger partial charge in [0.05, 0.1) is 0 Å². The van der Waals surface area contributed by atoms with E-state index in [4.69, 9.17) is 5.73 Å². The maximum Gasteiger partial charge on any atom is 0.0124 e. The summed E-state index contributed by atoms with van der Waals surface area (Å²) >= 11 is 0. The summed E-state index contributed by atoms with van der Waals surface area (Å²) < 4.78 is 0. The SMILES string of the molecule is CN(C1CCC(N)CC1)C(C)(C)C. The Bertz CT molecular complexity index is 152. The van der Waals surface area contributed by atoms with Crippen LogP contribution < -0.4 is 5.73 Å². The topological polar surface area (TPSA) is 29.3 Å². The van der Waals surface area contributed by atoms with Crippen LogP contribution in [0, 0.1) is 0 Å². The minimum Gasteiger partial charge on any atom is -0.328 e. The van der Waals surface area contributed by atoms with Crippen LogP contribution in [0.3, 0.4) is 0 Å². The predicted molar refractivity (Wildman–Crippen MR) is 57.7 cm³/mol. The molecule has 78 valence electrons. The predicted octanol–water partition coefficient (Wildman–Crippen LogP) is 1.99. The summed E-state index contributed by atoms with van der Waals surface area (Å²) in [4.78, 5) is 2.50. The molecule has 13 heavy (non-hydrogen) atoms. The highest BCUT2D eigenvalue weighted by Gasteiger charge is 2.28. The minimum absolute atomic E-state index is 0.298. The van der Waals surface area contributed by atoms with Gasteiger partial charge in [-0.1, -0.05) is 0 Å². The van der Waals surface area contributed by atoms with Crippen LogP contribution in [0.25, 0.3) is 0 Å². The molecule has 0 radical (unpaired) electrons. The zero-order chi connectivity index (χ0) is 10.1. The molecule has 0 spiro atoms. The monoisotopic (exact) mass is 184 g/mol. The first-order chi connectivity index (χ1) is 5.91. The van der Waals surface area contributed by atoms with Crippen molar-refractivity contribution in [3.05, 3.63) is 0 Å². The average Bonchev–Trinajstić information content (AvgIpc) is 2.03. The third-order valence-corrected chi connectivity index (χ3v) is 3.35. The normalized spacial score (nSPS) is 30.9. The van der Waals surface area contributed by atoms with Crippen LogP contribution in [-0.4, -0.2) is 29.6 Å². The van der Waals surface area contributed by atoms with Gasteiger partial charge in [0.1, 0.15) is 0 Å². The first kappa shape index (κ1) is 11.0. The van der Waals surface area contributed by atoms with Crippen LogP contribution in [0.2, 0.25) is 0 Å². The molecule has 0 aliphatic heterocycles. The van der Waals surface area contributed by atoms with E-state index >= 15 is 0 Å². The molecule has 0 bridgehead atoms. The zero-order valence-corrected chi connectivity index (χ0v) is 9.51. The lowest BCUT2D eigenvalue weighted by molar-refractivity contribution is 0.0875. The second-order valence-corrected chi connectivity index (χ2v) is 5.35. The van der Waals surface area contributed by atoms with Crippen molar-refractivity contribution in [3.8, 4) is 0 Å². The molecule has 1 aliphatic rings. The Morgan fingerprint density at radius 3 is 1.92 bits per heavy atom. The second-order valence-electron chi connectivity index (χ2n) is 5.35. The molecule has 0 atom stereocenters. The number of nitrogens with two attached hydrogens (primary N) is 1. The first-order valence-corrected chi connectivity index (χ1v) is 5.40. The largest absolute Gasteiger partial charge is 0.328 e. The van der Waals surface area contributed by atoms with E-state index in [-0.39, 0.29) is 0 Å². The van der Waals surface area contributed by atoms with Gasteiger partial charge in [0.25, 0.3) is 0 Å². The highest BCUT2D eigenvalue weighted by Crippen LogP contribution is 2.25. The van der Waals surface area contributed by atoms with Gasteiger partial charge in [-0.3, -0.25) is 4.90 Å². The Hall–Kier alpha value is -0.0800. The number of nitrogens with zero attached hydrogens (tertiary/aromatic N) is 1. The van der Waals surface area contributed by atoms with E-state index in [0.717, 1.165) is 6.04 Å². The molecule has 1 saturated carbocycles. The van der Waals surface area contributed by atoms with Crippen LogP contribution in [0.5, 0.6) is 0 Å². The van der Waals surface area contributed by atoms with Gasteiger partial charge >= 0.3 is 0 Å². The van der Waals surface area contributed by atoms with Crippen molar-refractivity contribution in [3.63, 3.8) is 0 Å². The molecule has 0 saturated heterocycles. The quantitative estimate of drug-likeness (QED) is 0.675. The molecule has 0 aromatic rings. The number of rotatable bonds is 1. The maximum atomic E-state index is 5.89. The molecule has 2 heteroatoms. The van der Waals surface area contributed by atoms with Crippen molar-refractivity contribution in [2.24, 2.45) is 5.73 Å². The van der Waals surface area contributed by atoms with Gasteiger partial charge in [-0.05, 0) is 53.5 Å². The van der Waals surface area contributed by atoms with Gasteiger partial charge in [-0.25, -0.2) is 0 Å². The Morgan fingerprint density at radius 1 is 1.08 bits per heavy atom. The maximum absolute atomic E-state index is 5.89. The standard InChI is InChI=1S/C11H24N2/c1-11(2,3)13(4)10-7-5-9(12)6-8-10/h9-10H,5-8,12H2,1-4H3. The molecule has 1 rings (SSSR count). The van der Waals surface area contributed by atoms with E-state index < -0.39 is 0 Å². The molecule has 1 aliphatic carbocycles. The molecule has 2 N–H and O–H groups in total. The second kappa shape index (κ2) is 3.97. The molecule has 1 fully saturated rings. The lowest BCUT2D eigenvalue weighted by Gasteiger charge is -2.41. The summed E-state index contributed by atoms with van der Waals surface area (Å²) in [5.41, 5.74) is 6.19. The number of hydrogen-bond acceptors (Lipinski definition) is 2. The molecule has 0 aromatic carbocycles. The van der Waals surface area contributed by atoms with Gasteiger partial charge in [-0.2, -0.15) is 0 Å². The summed E-state index contributed by atoms with van der Waals surface area (Å²) in [6, 6.07) is 1.21. The smallest absolute Gasteiger partial charge is 0.0124 e. The lowest BCUT2D eigenvalue weighted by Crippen LogP contribution is -2.47. The summed E-state index contributed by atoms with van der Waals surface area (Å²) in [6.07, 6.45) is 4.94. The van der Waals surface area contributed by atoms with E-state index in [9.17, 15) is 0 Å². The van der Waals surface area contributed by atoms with Gasteiger partial charge in [-0.15, -0.1) is 0 Å². The fourth-order valence-corrected chi connectivity index (χ4v) is 2.04. The zero-order valence-electron chi connectivity index (χ0n) is 9.51. The molecular weight excluding hydrogens is 160 g/mol. The third kappa shape index (κ3) is 2.96. The van der Waals surface area contributed by atoms with E-state index in [0.29, 0.717) is 11.6 Å². The first-order valence-electron chi connectivity index (χ1n) is 5.40. The number of hydrogen-bond donors (Lipinski definition) is 1. The molecular formula is C11H24N2. The Morgan fingerprint density at radius 2 is 1.54 bits per heavy atom. The Labute approximate surface area is 82.5 Å². The fraction of sp³-hybridized carbons (Fsp3) is 1.00.